The van der Waals surface area contributed by atoms with Gasteiger partial charge in [-0.25, -0.2) is 0 Å². The molecule has 8 heteroatoms. The van der Waals surface area contributed by atoms with Crippen LogP contribution in [0.2, 0.25) is 0 Å². The Morgan fingerprint density at radius 3 is 2.52 bits per heavy atom. The van der Waals surface area contributed by atoms with Gasteiger partial charge < -0.3 is 19.7 Å². The van der Waals surface area contributed by atoms with Gasteiger partial charge in [0.25, 0.3) is 5.89 Å². The van der Waals surface area contributed by atoms with Crippen LogP contribution < -0.4 is 5.32 Å². The van der Waals surface area contributed by atoms with E-state index in [2.05, 4.69) is 15.5 Å². The number of nitrogens with zero attached hydrogens (tertiary/aromatic N) is 3. The summed E-state index contributed by atoms with van der Waals surface area (Å²) in [6.07, 6.45) is 1.34. The summed E-state index contributed by atoms with van der Waals surface area (Å²) >= 11 is 0. The molecule has 8 nitrogen and oxygen atoms in total. The fourth-order valence-electron chi connectivity index (χ4n) is 2.58. The first-order valence-electron chi connectivity index (χ1n) is 8.59. The molecule has 0 saturated carbocycles. The number of hydrogen-bond donors (Lipinski definition) is 2. The van der Waals surface area contributed by atoms with Crippen LogP contribution in [0.15, 0.2) is 4.42 Å². The summed E-state index contributed by atoms with van der Waals surface area (Å²) < 4.78 is 5.52. The van der Waals surface area contributed by atoms with Crippen LogP contribution in [0.4, 0.5) is 0 Å². The van der Waals surface area contributed by atoms with Crippen molar-refractivity contribution in [2.75, 3.05) is 19.7 Å². The van der Waals surface area contributed by atoms with Gasteiger partial charge in [0, 0.05) is 17.5 Å². The number of aliphatic hydroxyl groups excluding tert-OH is 1. The van der Waals surface area contributed by atoms with E-state index >= 15 is 0 Å². The molecule has 0 radical (unpaired) electrons. The van der Waals surface area contributed by atoms with Crippen LogP contribution in [0, 0.1) is 0 Å². The molecule has 2 heterocycles. The fourth-order valence-corrected chi connectivity index (χ4v) is 2.58. The number of ketones is 1. The minimum Gasteiger partial charge on any atom is -0.418 e. The minimum absolute atomic E-state index is 0.0433. The summed E-state index contributed by atoms with van der Waals surface area (Å²) in [7, 11) is 0. The summed E-state index contributed by atoms with van der Waals surface area (Å²) in [4.78, 5) is 26.7. The molecule has 140 valence electrons. The maximum absolute atomic E-state index is 12.7. The zero-order chi connectivity index (χ0) is 18.8. The van der Waals surface area contributed by atoms with Crippen LogP contribution in [0.1, 0.15) is 64.0 Å². The van der Waals surface area contributed by atoms with Crippen molar-refractivity contribution in [3.63, 3.8) is 0 Å². The van der Waals surface area contributed by atoms with Gasteiger partial charge in [0.1, 0.15) is 6.04 Å². The van der Waals surface area contributed by atoms with Gasteiger partial charge in [0.2, 0.25) is 17.6 Å². The molecule has 0 bridgehead atoms. The lowest BCUT2D eigenvalue weighted by atomic mass is 9.97. The summed E-state index contributed by atoms with van der Waals surface area (Å²) in [5, 5.41) is 20.1. The van der Waals surface area contributed by atoms with E-state index in [1.165, 1.54) is 0 Å². The van der Waals surface area contributed by atoms with E-state index in [0.29, 0.717) is 18.9 Å². The molecule has 25 heavy (non-hydrogen) atoms. The number of rotatable bonds is 6. The second kappa shape index (κ2) is 7.21. The third kappa shape index (κ3) is 4.64. The Morgan fingerprint density at radius 1 is 1.28 bits per heavy atom. The van der Waals surface area contributed by atoms with Crippen molar-refractivity contribution in [1.82, 2.24) is 20.4 Å². The topological polar surface area (TPSA) is 109 Å². The lowest BCUT2D eigenvalue weighted by molar-refractivity contribution is -0.130. The number of hydrogen-bond acceptors (Lipinski definition) is 7. The highest BCUT2D eigenvalue weighted by molar-refractivity contribution is 5.98. The molecule has 0 aliphatic carbocycles. The van der Waals surface area contributed by atoms with Crippen molar-refractivity contribution in [3.05, 3.63) is 11.8 Å². The predicted molar refractivity (Wildman–Crippen MR) is 91.2 cm³/mol. The van der Waals surface area contributed by atoms with E-state index in [4.69, 9.17) is 4.42 Å². The lowest BCUT2D eigenvalue weighted by Gasteiger charge is -2.27. The Bertz CT molecular complexity index is 633. The summed E-state index contributed by atoms with van der Waals surface area (Å²) in [6, 6.07) is -0.570. The predicted octanol–water partition coefficient (Wildman–Crippen LogP) is 0.901. The van der Waals surface area contributed by atoms with Gasteiger partial charge in [-0.2, -0.15) is 0 Å². The number of aliphatic hydroxyl groups is 1. The maximum Gasteiger partial charge on any atom is 0.286 e. The van der Waals surface area contributed by atoms with E-state index in [1.54, 1.807) is 18.7 Å². The Labute approximate surface area is 148 Å². The van der Waals surface area contributed by atoms with Crippen LogP contribution in [-0.4, -0.2) is 63.2 Å². The molecule has 1 fully saturated rings. The highest BCUT2D eigenvalue weighted by Crippen LogP contribution is 2.24. The van der Waals surface area contributed by atoms with E-state index in [0.717, 1.165) is 6.42 Å². The smallest absolute Gasteiger partial charge is 0.286 e. The SMILES string of the molecule is CC(C)(CO)NCC(=O)N1CCC[C@H]1C(=O)c1nnc(C(C)(C)C)o1. The third-order valence-corrected chi connectivity index (χ3v) is 4.27. The first-order valence-corrected chi connectivity index (χ1v) is 8.59. The highest BCUT2D eigenvalue weighted by atomic mass is 16.4. The lowest BCUT2D eigenvalue weighted by Crippen LogP contribution is -2.50. The monoisotopic (exact) mass is 352 g/mol. The molecular formula is C17H28N4O4. The van der Waals surface area contributed by atoms with Gasteiger partial charge in [-0.05, 0) is 26.7 Å². The summed E-state index contributed by atoms with van der Waals surface area (Å²) in [5.41, 5.74) is -0.889. The van der Waals surface area contributed by atoms with Gasteiger partial charge in [0.15, 0.2) is 0 Å². The average Bonchev–Trinajstić information content (AvgIpc) is 3.20. The van der Waals surface area contributed by atoms with Crippen molar-refractivity contribution in [2.24, 2.45) is 0 Å². The Kier molecular flexibility index (Phi) is 5.63. The molecule has 0 aromatic carbocycles. The van der Waals surface area contributed by atoms with Crippen molar-refractivity contribution in [3.8, 4) is 0 Å². The van der Waals surface area contributed by atoms with Gasteiger partial charge in [-0.3, -0.25) is 9.59 Å². The standard InChI is InChI=1S/C17H28N4O4/c1-16(2,3)15-20-19-14(25-15)13(24)11-7-6-8-21(11)12(23)9-18-17(4,5)10-22/h11,18,22H,6-10H2,1-5H3/t11-/m0/s1. The number of Topliss-reactive ketones (excluding diaryl/α,β-unsaturated/α-hetero) is 1. The van der Waals surface area contributed by atoms with Gasteiger partial charge in [-0.15, -0.1) is 10.2 Å². The van der Waals surface area contributed by atoms with Crippen molar-refractivity contribution in [2.45, 2.75) is 64.5 Å². The van der Waals surface area contributed by atoms with E-state index in [1.807, 2.05) is 20.8 Å². The van der Waals surface area contributed by atoms with Crippen LogP contribution in [0.5, 0.6) is 0 Å². The van der Waals surface area contributed by atoms with E-state index in [9.17, 15) is 14.7 Å². The number of amides is 1. The molecule has 1 aromatic heterocycles. The zero-order valence-electron chi connectivity index (χ0n) is 15.6. The number of aromatic nitrogens is 2. The highest BCUT2D eigenvalue weighted by Gasteiger charge is 2.37. The molecule has 1 aliphatic rings. The van der Waals surface area contributed by atoms with Crippen LogP contribution in [0.3, 0.4) is 0 Å². The van der Waals surface area contributed by atoms with Crippen LogP contribution in [-0.2, 0) is 10.2 Å². The molecule has 1 amide bonds. The van der Waals surface area contributed by atoms with Crippen molar-refractivity contribution >= 4 is 11.7 Å². The largest absolute Gasteiger partial charge is 0.418 e. The first-order chi connectivity index (χ1) is 11.5. The number of carbonyl (C=O) groups is 2. The van der Waals surface area contributed by atoms with Gasteiger partial charge in [-0.1, -0.05) is 20.8 Å². The first kappa shape index (κ1) is 19.5. The van der Waals surface area contributed by atoms with Crippen molar-refractivity contribution < 1.29 is 19.1 Å². The minimum atomic E-state index is -0.570. The molecule has 2 N–H and O–H groups in total. The summed E-state index contributed by atoms with van der Waals surface area (Å²) in [6.45, 7) is 9.89. The Balaban J connectivity index is 2.06. The molecule has 0 spiro atoms. The van der Waals surface area contributed by atoms with E-state index in [-0.39, 0.29) is 36.1 Å². The van der Waals surface area contributed by atoms with Crippen molar-refractivity contribution in [1.29, 1.82) is 0 Å². The average molecular weight is 352 g/mol. The summed E-state index contributed by atoms with van der Waals surface area (Å²) in [5.74, 6) is -0.125. The molecule has 0 unspecified atom stereocenters. The van der Waals surface area contributed by atoms with Gasteiger partial charge >= 0.3 is 0 Å². The third-order valence-electron chi connectivity index (χ3n) is 4.27. The molecule has 1 aromatic rings. The van der Waals surface area contributed by atoms with Crippen LogP contribution >= 0.6 is 0 Å². The second-order valence-electron chi connectivity index (χ2n) is 8.17. The number of carbonyl (C=O) groups excluding carboxylic acids is 2. The molecule has 2 rings (SSSR count). The molecule has 1 atom stereocenters. The quantitative estimate of drug-likeness (QED) is 0.732. The Hall–Kier alpha value is -1.80. The van der Waals surface area contributed by atoms with E-state index < -0.39 is 11.6 Å². The number of likely N-dealkylation sites (tertiary alicyclic amines) is 1. The second-order valence-corrected chi connectivity index (χ2v) is 8.17. The molecule has 1 saturated heterocycles. The van der Waals surface area contributed by atoms with Gasteiger partial charge in [0.05, 0.1) is 13.2 Å². The molecule has 1 aliphatic heterocycles. The maximum atomic E-state index is 12.7. The Morgan fingerprint density at radius 2 is 1.96 bits per heavy atom. The number of nitrogens with one attached hydrogen (secondary N) is 1. The normalized spacial score (nSPS) is 18.6. The molecular weight excluding hydrogens is 324 g/mol. The fraction of sp³-hybridized carbons (Fsp3) is 0.765. The van der Waals surface area contributed by atoms with Crippen LogP contribution in [0.25, 0.3) is 0 Å². The zero-order valence-corrected chi connectivity index (χ0v) is 15.6.